The monoisotopic (exact) mass is 330 g/mol. The minimum atomic E-state index is 0.202. The van der Waals surface area contributed by atoms with Crippen molar-refractivity contribution >= 4 is 28.6 Å². The minimum absolute atomic E-state index is 0.202. The second kappa shape index (κ2) is 6.94. The van der Waals surface area contributed by atoms with Crippen molar-refractivity contribution in [2.75, 3.05) is 25.6 Å². The van der Waals surface area contributed by atoms with Crippen molar-refractivity contribution in [1.29, 1.82) is 0 Å². The van der Waals surface area contributed by atoms with Crippen molar-refractivity contribution in [3.05, 3.63) is 34.3 Å². The van der Waals surface area contributed by atoms with E-state index in [2.05, 4.69) is 40.7 Å². The molecule has 1 aliphatic heterocycles. The zero-order chi connectivity index (χ0) is 12.8. The molecule has 0 aromatic heterocycles. The van der Waals surface area contributed by atoms with Gasteiger partial charge in [-0.15, -0.1) is 0 Å². The van der Waals surface area contributed by atoms with Gasteiger partial charge in [-0.05, 0) is 36.3 Å². The lowest BCUT2D eigenvalue weighted by Crippen LogP contribution is -2.35. The Kier molecular flexibility index (Phi) is 5.55. The van der Waals surface area contributed by atoms with E-state index in [1.165, 1.54) is 5.56 Å². The Morgan fingerprint density at radius 1 is 1.33 bits per heavy atom. The highest BCUT2D eigenvalue weighted by Gasteiger charge is 2.31. The molecule has 100 valence electrons. The summed E-state index contributed by atoms with van der Waals surface area (Å²) in [6.07, 6.45) is 2.10. The van der Waals surface area contributed by atoms with Gasteiger partial charge in [0.25, 0.3) is 0 Å². The van der Waals surface area contributed by atoms with E-state index < -0.39 is 0 Å². The van der Waals surface area contributed by atoms with Crippen LogP contribution in [0.4, 0.5) is 0 Å². The second-order valence-electron chi connectivity index (χ2n) is 4.89. The van der Waals surface area contributed by atoms with E-state index in [1.54, 1.807) is 0 Å². The molecule has 2 nitrogen and oxygen atoms in total. The molecule has 0 radical (unpaired) electrons. The molecule has 2 rings (SSSR count). The number of hydrogen-bond donors (Lipinski definition) is 1. The van der Waals surface area contributed by atoms with E-state index in [-0.39, 0.29) is 5.41 Å². The maximum absolute atomic E-state index is 5.88. The molecule has 0 bridgehead atoms. The van der Waals surface area contributed by atoms with Crippen LogP contribution in [0.5, 0.6) is 0 Å². The smallest absolute Gasteiger partial charge is 0.0717 e. The van der Waals surface area contributed by atoms with Crippen LogP contribution in [0.3, 0.4) is 0 Å². The van der Waals surface area contributed by atoms with Crippen molar-refractivity contribution in [2.24, 2.45) is 5.41 Å². The summed E-state index contributed by atoms with van der Waals surface area (Å²) < 4.78 is 12.4. The first-order valence-electron chi connectivity index (χ1n) is 6.25. The molecule has 0 atom stereocenters. The van der Waals surface area contributed by atoms with Crippen LogP contribution >= 0.6 is 28.6 Å². The summed E-state index contributed by atoms with van der Waals surface area (Å²) in [4.78, 5) is 0. The fourth-order valence-corrected chi connectivity index (χ4v) is 3.02. The molecule has 0 spiro atoms. The van der Waals surface area contributed by atoms with Crippen LogP contribution in [0.25, 0.3) is 0 Å². The summed E-state index contributed by atoms with van der Waals surface area (Å²) in [5.74, 6) is 0.870. The first kappa shape index (κ1) is 14.4. The van der Waals surface area contributed by atoms with Gasteiger partial charge < -0.3 is 9.47 Å². The van der Waals surface area contributed by atoms with Crippen molar-refractivity contribution < 1.29 is 9.47 Å². The second-order valence-corrected chi connectivity index (χ2v) is 6.13. The third kappa shape index (κ3) is 3.98. The first-order chi connectivity index (χ1) is 8.74. The SMILES string of the molecule is SCC1(COCc2cccc(Br)c2)CCOCC1. The summed E-state index contributed by atoms with van der Waals surface area (Å²) in [6.45, 7) is 3.10. The van der Waals surface area contributed by atoms with Gasteiger partial charge in [0.05, 0.1) is 13.2 Å². The number of thiol groups is 1. The van der Waals surface area contributed by atoms with Gasteiger partial charge in [0, 0.05) is 23.1 Å². The van der Waals surface area contributed by atoms with Crippen molar-refractivity contribution in [3.63, 3.8) is 0 Å². The molecule has 1 saturated heterocycles. The Morgan fingerprint density at radius 2 is 2.11 bits per heavy atom. The molecular formula is C14H19BrO2S. The fourth-order valence-electron chi connectivity index (χ4n) is 2.16. The molecule has 1 aliphatic rings. The van der Waals surface area contributed by atoms with Gasteiger partial charge in [0.1, 0.15) is 0 Å². The normalized spacial score (nSPS) is 18.8. The molecular weight excluding hydrogens is 312 g/mol. The van der Waals surface area contributed by atoms with Gasteiger partial charge in [-0.25, -0.2) is 0 Å². The van der Waals surface area contributed by atoms with Crippen LogP contribution in [0.1, 0.15) is 18.4 Å². The Hall–Kier alpha value is -0.0300. The Bertz CT molecular complexity index is 378. The van der Waals surface area contributed by atoms with Gasteiger partial charge in [0.2, 0.25) is 0 Å². The third-order valence-electron chi connectivity index (χ3n) is 3.45. The van der Waals surface area contributed by atoms with Crippen LogP contribution in [-0.2, 0) is 16.1 Å². The van der Waals surface area contributed by atoms with Crippen molar-refractivity contribution in [2.45, 2.75) is 19.4 Å². The lowest BCUT2D eigenvalue weighted by molar-refractivity contribution is -0.0315. The van der Waals surface area contributed by atoms with Gasteiger partial charge >= 0.3 is 0 Å². The predicted octanol–water partition coefficient (Wildman–Crippen LogP) is 3.69. The number of rotatable bonds is 5. The number of halogens is 1. The first-order valence-corrected chi connectivity index (χ1v) is 7.67. The molecule has 1 aromatic rings. The maximum atomic E-state index is 5.88. The molecule has 0 unspecified atom stereocenters. The molecule has 4 heteroatoms. The predicted molar refractivity (Wildman–Crippen MR) is 80.1 cm³/mol. The average molecular weight is 331 g/mol. The Labute approximate surface area is 123 Å². The topological polar surface area (TPSA) is 18.5 Å². The van der Waals surface area contributed by atoms with E-state index in [0.717, 1.165) is 42.9 Å². The Morgan fingerprint density at radius 3 is 2.78 bits per heavy atom. The molecule has 1 heterocycles. The maximum Gasteiger partial charge on any atom is 0.0717 e. The zero-order valence-corrected chi connectivity index (χ0v) is 12.9. The molecule has 1 aromatic carbocycles. The summed E-state index contributed by atoms with van der Waals surface area (Å²) in [5.41, 5.74) is 1.40. The number of ether oxygens (including phenoxy) is 2. The molecule has 0 aliphatic carbocycles. The highest BCUT2D eigenvalue weighted by Crippen LogP contribution is 2.32. The van der Waals surface area contributed by atoms with Crippen LogP contribution in [0.15, 0.2) is 28.7 Å². The van der Waals surface area contributed by atoms with Crippen molar-refractivity contribution in [1.82, 2.24) is 0 Å². The van der Waals surface area contributed by atoms with Gasteiger partial charge in [-0.3, -0.25) is 0 Å². The van der Waals surface area contributed by atoms with E-state index in [1.807, 2.05) is 12.1 Å². The van der Waals surface area contributed by atoms with Crippen LogP contribution in [0, 0.1) is 5.41 Å². The Balaban J connectivity index is 1.83. The van der Waals surface area contributed by atoms with E-state index in [0.29, 0.717) is 6.61 Å². The lowest BCUT2D eigenvalue weighted by Gasteiger charge is -2.35. The molecule has 0 N–H and O–H groups in total. The fraction of sp³-hybridized carbons (Fsp3) is 0.571. The largest absolute Gasteiger partial charge is 0.381 e. The number of benzene rings is 1. The average Bonchev–Trinajstić information content (AvgIpc) is 2.40. The summed E-state index contributed by atoms with van der Waals surface area (Å²) >= 11 is 7.95. The van der Waals surface area contributed by atoms with E-state index in [9.17, 15) is 0 Å². The van der Waals surface area contributed by atoms with Crippen LogP contribution in [-0.4, -0.2) is 25.6 Å². The van der Waals surface area contributed by atoms with Crippen LogP contribution in [0.2, 0.25) is 0 Å². The summed E-state index contributed by atoms with van der Waals surface area (Å²) in [7, 11) is 0. The number of hydrogen-bond acceptors (Lipinski definition) is 3. The van der Waals surface area contributed by atoms with E-state index >= 15 is 0 Å². The van der Waals surface area contributed by atoms with E-state index in [4.69, 9.17) is 9.47 Å². The van der Waals surface area contributed by atoms with Gasteiger partial charge in [-0.2, -0.15) is 12.6 Å². The van der Waals surface area contributed by atoms with Crippen LogP contribution < -0.4 is 0 Å². The molecule has 18 heavy (non-hydrogen) atoms. The zero-order valence-electron chi connectivity index (χ0n) is 10.4. The lowest BCUT2D eigenvalue weighted by atomic mass is 9.83. The third-order valence-corrected chi connectivity index (χ3v) is 4.62. The quantitative estimate of drug-likeness (QED) is 0.830. The molecule has 0 amide bonds. The van der Waals surface area contributed by atoms with Gasteiger partial charge in [-0.1, -0.05) is 28.1 Å². The highest BCUT2D eigenvalue weighted by atomic mass is 79.9. The standard InChI is InChI=1S/C14H19BrO2S/c15-13-3-1-2-12(8-13)9-17-10-14(11-18)4-6-16-7-5-14/h1-3,8,18H,4-7,9-11H2. The van der Waals surface area contributed by atoms with Crippen molar-refractivity contribution in [3.8, 4) is 0 Å². The summed E-state index contributed by atoms with van der Waals surface area (Å²) in [6, 6.07) is 8.24. The minimum Gasteiger partial charge on any atom is -0.381 e. The van der Waals surface area contributed by atoms with Gasteiger partial charge in [0.15, 0.2) is 0 Å². The summed E-state index contributed by atoms with van der Waals surface area (Å²) in [5, 5.41) is 0. The highest BCUT2D eigenvalue weighted by molar-refractivity contribution is 9.10. The molecule has 1 fully saturated rings. The molecule has 0 saturated carbocycles.